The summed E-state index contributed by atoms with van der Waals surface area (Å²) in [7, 11) is 2.68. The van der Waals surface area contributed by atoms with Gasteiger partial charge in [0, 0.05) is 19.2 Å². The first-order chi connectivity index (χ1) is 16.3. The average Bonchev–Trinajstić information content (AvgIpc) is 2.82. The lowest BCUT2D eigenvalue weighted by molar-refractivity contribution is -0.216. The Balaban J connectivity index is 2.43. The van der Waals surface area contributed by atoms with Crippen molar-refractivity contribution in [2.45, 2.75) is 13.8 Å². The number of hydrogen-bond acceptors (Lipinski definition) is 9. The number of methoxy groups -OCH3 is 1. The van der Waals surface area contributed by atoms with Crippen molar-refractivity contribution in [2.75, 3.05) is 40.8 Å². The highest BCUT2D eigenvalue weighted by Crippen LogP contribution is 2.31. The van der Waals surface area contributed by atoms with Crippen LogP contribution < -0.4 is 5.32 Å². The molecule has 0 saturated carbocycles. The second-order valence-corrected chi connectivity index (χ2v) is 7.58. The van der Waals surface area contributed by atoms with Crippen LogP contribution >= 0.6 is 0 Å². The Morgan fingerprint density at radius 1 is 0.941 bits per heavy atom. The third kappa shape index (κ3) is 7.55. The number of phenolic OH excluding ortho intramolecular Hbond substituents is 1. The molecule has 34 heavy (non-hydrogen) atoms. The van der Waals surface area contributed by atoms with Crippen LogP contribution in [0, 0.1) is 5.92 Å². The van der Waals surface area contributed by atoms with E-state index >= 15 is 0 Å². The number of benzene rings is 2. The first-order valence-electron chi connectivity index (χ1n) is 10.5. The van der Waals surface area contributed by atoms with Gasteiger partial charge in [0.15, 0.2) is 6.79 Å². The molecule has 2 N–H and O–H groups in total. The predicted octanol–water partition coefficient (Wildman–Crippen LogP) is 2.94. The number of nitrogens with one attached hydrogen (secondary N) is 1. The Bertz CT molecular complexity index is 1000. The largest absolute Gasteiger partial charge is 0.508 e. The highest BCUT2D eigenvalue weighted by Gasteiger charge is 2.23. The normalized spacial score (nSPS) is 10.7. The maximum atomic E-state index is 12.7. The maximum absolute atomic E-state index is 12.7. The molecule has 0 atom stereocenters. The van der Waals surface area contributed by atoms with Crippen molar-refractivity contribution in [1.29, 1.82) is 0 Å². The van der Waals surface area contributed by atoms with Gasteiger partial charge in [-0.15, -0.1) is 0 Å². The topological polar surface area (TPSA) is 130 Å². The molecule has 0 radical (unpaired) electrons. The summed E-state index contributed by atoms with van der Waals surface area (Å²) >= 11 is 0. The molecule has 0 unspecified atom stereocenters. The second-order valence-electron chi connectivity index (χ2n) is 7.58. The van der Waals surface area contributed by atoms with Crippen molar-refractivity contribution in [1.82, 2.24) is 5.32 Å². The lowest BCUT2D eigenvalue weighted by Crippen LogP contribution is -2.27. The number of aromatic hydroxyl groups is 1. The molecule has 2 rings (SSSR count). The molecule has 0 aliphatic carbocycles. The SMILES string of the molecule is COCCOCOC(=O)c1cc(O)ccc1-c1ccc(C(=O)NCC(C)C)cc1C(=O)OOC. The van der Waals surface area contributed by atoms with Gasteiger partial charge in [0.1, 0.15) is 5.75 Å². The van der Waals surface area contributed by atoms with Crippen LogP contribution in [0.3, 0.4) is 0 Å². The molecule has 1 amide bonds. The van der Waals surface area contributed by atoms with Crippen molar-refractivity contribution in [2.24, 2.45) is 5.92 Å². The van der Waals surface area contributed by atoms with Crippen LogP contribution in [0.15, 0.2) is 36.4 Å². The Kier molecular flexibility index (Phi) is 10.5. The standard InChI is InChI=1S/C24H29NO9/c1-15(2)13-25-22(27)16-5-7-18(20(11-16)24(29)34-31-4)19-8-6-17(26)12-21(19)23(28)33-14-32-10-9-30-3/h5-8,11-12,15,26H,9-10,13-14H2,1-4H3,(H,25,27). The quantitative estimate of drug-likeness (QED) is 0.156. The molecular weight excluding hydrogens is 446 g/mol. The van der Waals surface area contributed by atoms with E-state index in [9.17, 15) is 19.5 Å². The van der Waals surface area contributed by atoms with E-state index in [2.05, 4.69) is 15.1 Å². The van der Waals surface area contributed by atoms with E-state index in [4.69, 9.17) is 14.2 Å². The summed E-state index contributed by atoms with van der Waals surface area (Å²) in [6.07, 6.45) is 0. The minimum absolute atomic E-state index is 0.0150. The third-order valence-electron chi connectivity index (χ3n) is 4.55. The fourth-order valence-electron chi connectivity index (χ4n) is 2.92. The number of carbonyl (C=O) groups excluding carboxylic acids is 3. The Morgan fingerprint density at radius 3 is 2.26 bits per heavy atom. The molecule has 0 heterocycles. The van der Waals surface area contributed by atoms with Crippen LogP contribution in [0.2, 0.25) is 0 Å². The third-order valence-corrected chi connectivity index (χ3v) is 4.55. The maximum Gasteiger partial charge on any atom is 0.373 e. The van der Waals surface area contributed by atoms with Crippen LogP contribution in [-0.4, -0.2) is 63.7 Å². The summed E-state index contributed by atoms with van der Waals surface area (Å²) in [5.74, 6) is -1.96. The zero-order chi connectivity index (χ0) is 25.1. The molecule has 184 valence electrons. The van der Waals surface area contributed by atoms with Gasteiger partial charge < -0.3 is 24.6 Å². The van der Waals surface area contributed by atoms with Gasteiger partial charge in [-0.25, -0.2) is 9.59 Å². The highest BCUT2D eigenvalue weighted by molar-refractivity contribution is 6.05. The zero-order valence-electron chi connectivity index (χ0n) is 19.6. The van der Waals surface area contributed by atoms with E-state index in [-0.39, 0.29) is 58.8 Å². The van der Waals surface area contributed by atoms with E-state index in [1.807, 2.05) is 13.8 Å². The number of carbonyl (C=O) groups is 3. The van der Waals surface area contributed by atoms with Crippen molar-refractivity contribution >= 4 is 17.8 Å². The van der Waals surface area contributed by atoms with E-state index in [1.165, 1.54) is 50.6 Å². The first kappa shape index (κ1) is 26.8. The van der Waals surface area contributed by atoms with E-state index < -0.39 is 11.9 Å². The molecule has 0 bridgehead atoms. The lowest BCUT2D eigenvalue weighted by atomic mass is 9.93. The Morgan fingerprint density at radius 2 is 1.62 bits per heavy atom. The van der Waals surface area contributed by atoms with E-state index in [0.717, 1.165) is 0 Å². The van der Waals surface area contributed by atoms with Gasteiger partial charge in [-0.05, 0) is 47.4 Å². The summed E-state index contributed by atoms with van der Waals surface area (Å²) in [4.78, 5) is 47.0. The summed E-state index contributed by atoms with van der Waals surface area (Å²) in [6, 6.07) is 8.40. The molecule has 0 spiro atoms. The average molecular weight is 475 g/mol. The highest BCUT2D eigenvalue weighted by atomic mass is 17.2. The van der Waals surface area contributed by atoms with Crippen molar-refractivity contribution in [3.8, 4) is 16.9 Å². The monoisotopic (exact) mass is 475 g/mol. The van der Waals surface area contributed by atoms with Gasteiger partial charge in [0.25, 0.3) is 5.91 Å². The molecule has 0 fully saturated rings. The van der Waals surface area contributed by atoms with E-state index in [1.54, 1.807) is 0 Å². The fraction of sp³-hybridized carbons (Fsp3) is 0.375. The van der Waals surface area contributed by atoms with Crippen LogP contribution in [-0.2, 0) is 24.0 Å². The smallest absolute Gasteiger partial charge is 0.373 e. The minimum atomic E-state index is -0.869. The molecule has 0 aliphatic heterocycles. The summed E-state index contributed by atoms with van der Waals surface area (Å²) < 4.78 is 15.1. The Labute approximate surface area is 197 Å². The lowest BCUT2D eigenvalue weighted by Gasteiger charge is -2.15. The fourth-order valence-corrected chi connectivity index (χ4v) is 2.92. The molecule has 2 aromatic carbocycles. The minimum Gasteiger partial charge on any atom is -0.508 e. The molecule has 10 heteroatoms. The molecule has 0 aromatic heterocycles. The number of phenols is 1. The van der Waals surface area contributed by atoms with Crippen molar-refractivity contribution < 1.29 is 43.5 Å². The zero-order valence-corrected chi connectivity index (χ0v) is 19.6. The molecular formula is C24H29NO9. The van der Waals surface area contributed by atoms with Gasteiger partial charge >= 0.3 is 11.9 Å². The molecule has 2 aromatic rings. The van der Waals surface area contributed by atoms with Gasteiger partial charge in [-0.3, -0.25) is 9.68 Å². The van der Waals surface area contributed by atoms with E-state index in [0.29, 0.717) is 13.2 Å². The molecule has 0 aliphatic rings. The predicted molar refractivity (Wildman–Crippen MR) is 121 cm³/mol. The summed E-state index contributed by atoms with van der Waals surface area (Å²) in [5, 5.41) is 12.7. The molecule has 0 saturated heterocycles. The summed E-state index contributed by atoms with van der Waals surface area (Å²) in [6.45, 7) is 4.60. The number of rotatable bonds is 12. The van der Waals surface area contributed by atoms with Gasteiger partial charge in [0.2, 0.25) is 0 Å². The second kappa shape index (κ2) is 13.3. The number of ether oxygens (including phenoxy) is 3. The number of hydrogen-bond donors (Lipinski definition) is 2. The van der Waals surface area contributed by atoms with Gasteiger partial charge in [-0.1, -0.05) is 19.9 Å². The van der Waals surface area contributed by atoms with Gasteiger partial charge in [-0.2, -0.15) is 4.89 Å². The number of esters is 1. The van der Waals surface area contributed by atoms with Crippen LogP contribution in [0.1, 0.15) is 44.9 Å². The summed E-state index contributed by atoms with van der Waals surface area (Å²) in [5.41, 5.74) is 0.738. The van der Waals surface area contributed by atoms with Crippen molar-refractivity contribution in [3.63, 3.8) is 0 Å². The number of amides is 1. The molecule has 10 nitrogen and oxygen atoms in total. The van der Waals surface area contributed by atoms with Crippen LogP contribution in [0.25, 0.3) is 11.1 Å². The van der Waals surface area contributed by atoms with Crippen LogP contribution in [0.5, 0.6) is 5.75 Å². The van der Waals surface area contributed by atoms with Crippen LogP contribution in [0.4, 0.5) is 0 Å². The van der Waals surface area contributed by atoms with Gasteiger partial charge in [0.05, 0.1) is 31.5 Å². The first-order valence-corrected chi connectivity index (χ1v) is 10.5. The Hall–Kier alpha value is -3.47. The van der Waals surface area contributed by atoms with Crippen molar-refractivity contribution in [3.05, 3.63) is 53.1 Å².